The molecule has 5 atom stereocenters. The Bertz CT molecular complexity index is 430. The van der Waals surface area contributed by atoms with Crippen molar-refractivity contribution in [2.45, 2.75) is 30.8 Å². The van der Waals surface area contributed by atoms with Crippen molar-refractivity contribution in [3.8, 4) is 0 Å². The molecule has 0 aliphatic carbocycles. The number of hydrogen-bond acceptors (Lipinski definition) is 7. The van der Waals surface area contributed by atoms with Crippen LogP contribution in [0.15, 0.2) is 18.1 Å². The first-order valence-corrected chi connectivity index (χ1v) is 5.47. The van der Waals surface area contributed by atoms with Crippen LogP contribution in [0.3, 0.4) is 0 Å². The zero-order chi connectivity index (χ0) is 12.9. The number of fused-ring (bicyclic) bond motifs is 1. The maximum Gasteiger partial charge on any atom is 0.437 e. The standard InChI is InChI=1S/C10H10N2O6/c1-2-12(11-15)10(14)18-7-5-3-4-6(16-5)8(7)17-9(4)13/h2,4-8H,1,3H2. The lowest BCUT2D eigenvalue weighted by molar-refractivity contribution is -0.145. The van der Waals surface area contributed by atoms with Crippen LogP contribution in [-0.2, 0) is 19.0 Å². The van der Waals surface area contributed by atoms with Gasteiger partial charge in [-0.05, 0) is 6.42 Å². The van der Waals surface area contributed by atoms with Crippen molar-refractivity contribution in [2.75, 3.05) is 0 Å². The van der Waals surface area contributed by atoms with Gasteiger partial charge in [0.15, 0.2) is 12.2 Å². The number of nitroso groups, excluding NO2 is 1. The number of esters is 1. The summed E-state index contributed by atoms with van der Waals surface area (Å²) in [5.41, 5.74) is 0. The number of ether oxygens (including phenoxy) is 3. The highest BCUT2D eigenvalue weighted by Crippen LogP contribution is 2.47. The molecular weight excluding hydrogens is 244 g/mol. The highest BCUT2D eigenvalue weighted by atomic mass is 16.7. The van der Waals surface area contributed by atoms with Crippen molar-refractivity contribution >= 4 is 12.1 Å². The van der Waals surface area contributed by atoms with Gasteiger partial charge in [-0.3, -0.25) is 4.79 Å². The van der Waals surface area contributed by atoms with E-state index in [0.29, 0.717) is 11.4 Å². The second kappa shape index (κ2) is 3.77. The Morgan fingerprint density at radius 2 is 2.33 bits per heavy atom. The lowest BCUT2D eigenvalue weighted by Gasteiger charge is -2.22. The minimum atomic E-state index is -0.958. The van der Waals surface area contributed by atoms with E-state index in [1.165, 1.54) is 0 Å². The summed E-state index contributed by atoms with van der Waals surface area (Å²) >= 11 is 0. The smallest absolute Gasteiger partial charge is 0.437 e. The van der Waals surface area contributed by atoms with Crippen molar-refractivity contribution in [1.29, 1.82) is 0 Å². The summed E-state index contributed by atoms with van der Waals surface area (Å²) < 4.78 is 15.7. The van der Waals surface area contributed by atoms with E-state index >= 15 is 0 Å². The Kier molecular flexibility index (Phi) is 2.34. The summed E-state index contributed by atoms with van der Waals surface area (Å²) in [5, 5.41) is 2.86. The normalized spacial score (nSPS) is 39.3. The van der Waals surface area contributed by atoms with Gasteiger partial charge in [-0.25, -0.2) is 4.79 Å². The minimum absolute atomic E-state index is 0.255. The summed E-state index contributed by atoms with van der Waals surface area (Å²) in [6.45, 7) is 3.25. The number of amides is 1. The molecule has 18 heavy (non-hydrogen) atoms. The quantitative estimate of drug-likeness (QED) is 0.409. The number of carbonyl (C=O) groups excluding carboxylic acids is 2. The topological polar surface area (TPSA) is 94.5 Å². The van der Waals surface area contributed by atoms with Gasteiger partial charge in [-0.1, -0.05) is 6.58 Å². The lowest BCUT2D eigenvalue weighted by Crippen LogP contribution is -2.41. The molecule has 8 nitrogen and oxygen atoms in total. The SMILES string of the molecule is C=CN(N=O)C(=O)OC1C2CC3C(=O)OC1C3O2. The van der Waals surface area contributed by atoms with Crippen LogP contribution in [0.25, 0.3) is 0 Å². The maximum atomic E-state index is 11.5. The summed E-state index contributed by atoms with van der Waals surface area (Å²) in [6.07, 6.45) is -1.52. The average Bonchev–Trinajstić information content (AvgIpc) is 2.95. The van der Waals surface area contributed by atoms with E-state index in [1.807, 2.05) is 0 Å². The molecule has 0 aromatic rings. The third kappa shape index (κ3) is 1.35. The fourth-order valence-electron chi connectivity index (χ4n) is 2.69. The van der Waals surface area contributed by atoms with Gasteiger partial charge in [0.25, 0.3) is 0 Å². The monoisotopic (exact) mass is 254 g/mol. The lowest BCUT2D eigenvalue weighted by atomic mass is 9.88. The number of rotatable bonds is 3. The summed E-state index contributed by atoms with van der Waals surface area (Å²) in [6, 6.07) is 0. The van der Waals surface area contributed by atoms with Gasteiger partial charge in [0, 0.05) is 6.20 Å². The van der Waals surface area contributed by atoms with Gasteiger partial charge in [-0.15, -0.1) is 9.92 Å². The Labute approximate surface area is 101 Å². The molecule has 3 heterocycles. The van der Waals surface area contributed by atoms with E-state index < -0.39 is 18.3 Å². The Hall–Kier alpha value is -1.96. The highest BCUT2D eigenvalue weighted by molar-refractivity contribution is 5.77. The first-order valence-electron chi connectivity index (χ1n) is 5.47. The first kappa shape index (κ1) is 11.1. The van der Waals surface area contributed by atoms with Gasteiger partial charge >= 0.3 is 12.1 Å². The van der Waals surface area contributed by atoms with Crippen molar-refractivity contribution in [1.82, 2.24) is 5.01 Å². The van der Waals surface area contributed by atoms with Crippen LogP contribution in [0.5, 0.6) is 0 Å². The molecule has 3 rings (SSSR count). The van der Waals surface area contributed by atoms with Crippen molar-refractivity contribution in [2.24, 2.45) is 11.2 Å². The number of nitrogens with zero attached hydrogens (tertiary/aromatic N) is 2. The van der Waals surface area contributed by atoms with Crippen LogP contribution in [0.2, 0.25) is 0 Å². The van der Waals surface area contributed by atoms with E-state index in [4.69, 9.17) is 14.2 Å². The van der Waals surface area contributed by atoms with Crippen molar-refractivity contribution in [3.05, 3.63) is 17.7 Å². The minimum Gasteiger partial charge on any atom is -0.455 e. The third-order valence-electron chi connectivity index (χ3n) is 3.47. The van der Waals surface area contributed by atoms with Crippen molar-refractivity contribution in [3.63, 3.8) is 0 Å². The van der Waals surface area contributed by atoms with E-state index in [1.54, 1.807) is 0 Å². The molecular formula is C10H10N2O6. The maximum absolute atomic E-state index is 11.5. The largest absolute Gasteiger partial charge is 0.455 e. The van der Waals surface area contributed by atoms with Crippen LogP contribution in [0.1, 0.15) is 6.42 Å². The van der Waals surface area contributed by atoms with Gasteiger partial charge in [0.2, 0.25) is 0 Å². The molecule has 0 aromatic carbocycles. The molecule has 96 valence electrons. The molecule has 8 heteroatoms. The van der Waals surface area contributed by atoms with Crippen LogP contribution in [0, 0.1) is 10.8 Å². The molecule has 3 fully saturated rings. The molecule has 0 aromatic heterocycles. The van der Waals surface area contributed by atoms with Gasteiger partial charge in [0.1, 0.15) is 6.10 Å². The molecule has 3 aliphatic heterocycles. The van der Waals surface area contributed by atoms with Crippen LogP contribution in [0.4, 0.5) is 4.79 Å². The zero-order valence-corrected chi connectivity index (χ0v) is 9.22. The fraction of sp³-hybridized carbons (Fsp3) is 0.600. The number of carbonyl (C=O) groups is 2. The molecule has 5 unspecified atom stereocenters. The summed E-state index contributed by atoms with van der Waals surface area (Å²) in [5.74, 6) is -0.574. The third-order valence-corrected chi connectivity index (χ3v) is 3.47. The van der Waals surface area contributed by atoms with Crippen LogP contribution >= 0.6 is 0 Å². The van der Waals surface area contributed by atoms with E-state index in [-0.39, 0.29) is 24.1 Å². The Morgan fingerprint density at radius 3 is 3.00 bits per heavy atom. The molecule has 2 bridgehead atoms. The Morgan fingerprint density at radius 1 is 1.56 bits per heavy atom. The molecule has 0 N–H and O–H groups in total. The molecule has 0 spiro atoms. The summed E-state index contributed by atoms with van der Waals surface area (Å²) in [7, 11) is 0. The molecule has 0 saturated carbocycles. The first-order chi connectivity index (χ1) is 8.65. The predicted molar refractivity (Wildman–Crippen MR) is 54.7 cm³/mol. The Balaban J connectivity index is 1.72. The van der Waals surface area contributed by atoms with Gasteiger partial charge < -0.3 is 14.2 Å². The van der Waals surface area contributed by atoms with Crippen molar-refractivity contribution < 1.29 is 23.8 Å². The second-order valence-electron chi connectivity index (χ2n) is 4.34. The van der Waals surface area contributed by atoms with E-state index in [9.17, 15) is 14.5 Å². The van der Waals surface area contributed by atoms with Crippen LogP contribution < -0.4 is 0 Å². The molecule has 0 radical (unpaired) electrons. The zero-order valence-electron chi connectivity index (χ0n) is 9.22. The van der Waals surface area contributed by atoms with E-state index in [2.05, 4.69) is 11.9 Å². The predicted octanol–water partition coefficient (Wildman–Crippen LogP) is 0.331. The highest BCUT2D eigenvalue weighted by Gasteiger charge is 2.65. The van der Waals surface area contributed by atoms with E-state index in [0.717, 1.165) is 6.20 Å². The van der Waals surface area contributed by atoms with Gasteiger partial charge in [0.05, 0.1) is 17.3 Å². The number of hydrogen-bond donors (Lipinski definition) is 0. The molecule has 3 saturated heterocycles. The fourth-order valence-corrected chi connectivity index (χ4v) is 2.69. The second-order valence-corrected chi connectivity index (χ2v) is 4.34. The summed E-state index contributed by atoms with van der Waals surface area (Å²) in [4.78, 5) is 33.3. The molecule has 3 aliphatic rings. The van der Waals surface area contributed by atoms with Crippen LogP contribution in [-0.4, -0.2) is 41.5 Å². The average molecular weight is 254 g/mol. The molecule has 1 amide bonds. The van der Waals surface area contributed by atoms with Gasteiger partial charge in [-0.2, -0.15) is 0 Å².